The Hall–Kier alpha value is -3.38. The van der Waals surface area contributed by atoms with Crippen molar-refractivity contribution in [1.29, 1.82) is 0 Å². The lowest BCUT2D eigenvalue weighted by Gasteiger charge is -2.15. The summed E-state index contributed by atoms with van der Waals surface area (Å²) < 4.78 is 6.36. The molecule has 1 aromatic heterocycles. The molecule has 6 heteroatoms. The number of hydrogen-bond donors (Lipinski definition) is 2. The number of nitrogens with one attached hydrogen (secondary N) is 2. The third-order valence-electron chi connectivity index (χ3n) is 4.78. The van der Waals surface area contributed by atoms with Gasteiger partial charge in [-0.15, -0.1) is 11.3 Å². The Kier molecular flexibility index (Phi) is 5.95. The van der Waals surface area contributed by atoms with Crippen molar-refractivity contribution in [3.05, 3.63) is 83.4 Å². The Morgan fingerprint density at radius 3 is 2.40 bits per heavy atom. The predicted octanol–water partition coefficient (Wildman–Crippen LogP) is 5.33. The molecule has 0 bridgehead atoms. The van der Waals surface area contributed by atoms with Crippen LogP contribution in [0.3, 0.4) is 0 Å². The van der Waals surface area contributed by atoms with Gasteiger partial charge in [-0.25, -0.2) is 4.98 Å². The molecule has 30 heavy (non-hydrogen) atoms. The molecule has 0 radical (unpaired) electrons. The first-order chi connectivity index (χ1) is 14.6. The van der Waals surface area contributed by atoms with E-state index in [1.807, 2.05) is 73.7 Å². The normalized spacial score (nSPS) is 11.8. The minimum absolute atomic E-state index is 0.0928. The predicted molar refractivity (Wildman–Crippen MR) is 124 cm³/mol. The zero-order valence-electron chi connectivity index (χ0n) is 16.9. The lowest BCUT2D eigenvalue weighted by molar-refractivity contribution is -0.116. The number of benzene rings is 3. The number of hydrogen-bond acceptors (Lipinski definition) is 5. The second-order valence-electron chi connectivity index (χ2n) is 7.03. The van der Waals surface area contributed by atoms with Gasteiger partial charge in [0.15, 0.2) is 0 Å². The number of ether oxygens (including phenoxy) is 1. The number of methoxy groups -OCH3 is 1. The molecule has 0 saturated carbocycles. The summed E-state index contributed by atoms with van der Waals surface area (Å²) in [6.45, 7) is 1.83. The number of nitrogens with zero attached hydrogens (tertiary/aromatic N) is 1. The molecule has 3 aromatic carbocycles. The zero-order chi connectivity index (χ0) is 20.9. The molecule has 0 aliphatic carbocycles. The summed E-state index contributed by atoms with van der Waals surface area (Å²) in [5.41, 5.74) is 3.84. The van der Waals surface area contributed by atoms with E-state index in [-0.39, 0.29) is 11.9 Å². The Bertz CT molecular complexity index is 1100. The maximum Gasteiger partial charge on any atom is 0.246 e. The van der Waals surface area contributed by atoms with Crippen LogP contribution in [0.2, 0.25) is 0 Å². The highest BCUT2D eigenvalue weighted by atomic mass is 32.1. The first-order valence-electron chi connectivity index (χ1n) is 9.75. The highest BCUT2D eigenvalue weighted by Crippen LogP contribution is 2.24. The number of thiazole rings is 1. The van der Waals surface area contributed by atoms with Gasteiger partial charge in [-0.3, -0.25) is 4.79 Å². The molecular formula is C24H23N3O2S. The molecule has 4 rings (SSSR count). The molecule has 1 atom stereocenters. The molecule has 152 valence electrons. The first kappa shape index (κ1) is 19.9. The van der Waals surface area contributed by atoms with E-state index in [9.17, 15) is 4.79 Å². The SMILES string of the molecule is COc1ccc(N[C@@H](C)C(=O)Nc2ccc(Cc3nc4ccccc4s3)cc2)cc1. The summed E-state index contributed by atoms with van der Waals surface area (Å²) >= 11 is 1.72. The molecule has 0 fully saturated rings. The quantitative estimate of drug-likeness (QED) is 0.426. The van der Waals surface area contributed by atoms with Gasteiger partial charge in [-0.2, -0.15) is 0 Å². The number of amides is 1. The van der Waals surface area contributed by atoms with Crippen molar-refractivity contribution in [2.75, 3.05) is 17.7 Å². The molecular weight excluding hydrogens is 394 g/mol. The van der Waals surface area contributed by atoms with Gasteiger partial charge in [-0.1, -0.05) is 24.3 Å². The van der Waals surface area contributed by atoms with Crippen molar-refractivity contribution in [3.63, 3.8) is 0 Å². The van der Waals surface area contributed by atoms with Gasteiger partial charge >= 0.3 is 0 Å². The zero-order valence-corrected chi connectivity index (χ0v) is 17.7. The van der Waals surface area contributed by atoms with Gasteiger partial charge in [-0.05, 0) is 61.0 Å². The minimum atomic E-state index is -0.374. The Morgan fingerprint density at radius 2 is 1.70 bits per heavy atom. The number of para-hydroxylation sites is 1. The Balaban J connectivity index is 1.34. The van der Waals surface area contributed by atoms with E-state index in [2.05, 4.69) is 21.7 Å². The van der Waals surface area contributed by atoms with Crippen LogP contribution in [0, 0.1) is 0 Å². The lowest BCUT2D eigenvalue weighted by Crippen LogP contribution is -2.31. The fraction of sp³-hybridized carbons (Fsp3) is 0.167. The van der Waals surface area contributed by atoms with Crippen LogP contribution in [0.15, 0.2) is 72.8 Å². The standard InChI is InChI=1S/C24H23N3O2S/c1-16(25-18-11-13-20(29-2)14-12-18)24(28)26-19-9-7-17(8-10-19)15-23-27-21-5-3-4-6-22(21)30-23/h3-14,16,25H,15H2,1-2H3,(H,26,28)/t16-/m0/s1. The van der Waals surface area contributed by atoms with Crippen LogP contribution < -0.4 is 15.4 Å². The van der Waals surface area contributed by atoms with Crippen LogP contribution in [0.25, 0.3) is 10.2 Å². The molecule has 4 aromatic rings. The number of carbonyl (C=O) groups is 1. The van der Waals surface area contributed by atoms with Crippen molar-refractivity contribution in [2.45, 2.75) is 19.4 Å². The molecule has 5 nitrogen and oxygen atoms in total. The van der Waals surface area contributed by atoms with Crippen molar-refractivity contribution in [1.82, 2.24) is 4.98 Å². The summed E-state index contributed by atoms with van der Waals surface area (Å²) in [6, 6.07) is 23.2. The van der Waals surface area contributed by atoms with Crippen molar-refractivity contribution in [3.8, 4) is 5.75 Å². The summed E-state index contributed by atoms with van der Waals surface area (Å²) in [6.07, 6.45) is 0.781. The van der Waals surface area contributed by atoms with Gasteiger partial charge in [0, 0.05) is 17.8 Å². The number of carbonyl (C=O) groups excluding carboxylic acids is 1. The second kappa shape index (κ2) is 8.97. The number of fused-ring (bicyclic) bond motifs is 1. The van der Waals surface area contributed by atoms with Gasteiger partial charge < -0.3 is 15.4 Å². The summed E-state index contributed by atoms with van der Waals surface area (Å²) in [7, 11) is 1.63. The van der Waals surface area contributed by atoms with E-state index >= 15 is 0 Å². The van der Waals surface area contributed by atoms with Crippen LogP contribution in [0.1, 0.15) is 17.5 Å². The van der Waals surface area contributed by atoms with E-state index in [1.165, 1.54) is 4.70 Å². The molecule has 2 N–H and O–H groups in total. The van der Waals surface area contributed by atoms with Crippen LogP contribution in [-0.2, 0) is 11.2 Å². The average molecular weight is 418 g/mol. The van der Waals surface area contributed by atoms with Gasteiger partial charge in [0.05, 0.1) is 22.3 Å². The van der Waals surface area contributed by atoms with Gasteiger partial charge in [0.25, 0.3) is 0 Å². The van der Waals surface area contributed by atoms with E-state index in [0.29, 0.717) is 0 Å². The monoisotopic (exact) mass is 417 g/mol. The summed E-state index contributed by atoms with van der Waals surface area (Å²) in [4.78, 5) is 17.2. The topological polar surface area (TPSA) is 63.2 Å². The Labute approximate surface area is 179 Å². The second-order valence-corrected chi connectivity index (χ2v) is 8.15. The molecule has 1 amide bonds. The smallest absolute Gasteiger partial charge is 0.246 e. The average Bonchev–Trinajstić information content (AvgIpc) is 3.18. The number of rotatable bonds is 7. The maximum absolute atomic E-state index is 12.5. The first-order valence-corrected chi connectivity index (χ1v) is 10.6. The third kappa shape index (κ3) is 4.78. The van der Waals surface area contributed by atoms with Gasteiger partial charge in [0.1, 0.15) is 11.8 Å². The van der Waals surface area contributed by atoms with E-state index in [0.717, 1.165) is 39.6 Å². The maximum atomic E-state index is 12.5. The van der Waals surface area contributed by atoms with Crippen LogP contribution >= 0.6 is 11.3 Å². The van der Waals surface area contributed by atoms with Crippen LogP contribution in [-0.4, -0.2) is 24.0 Å². The molecule has 0 spiro atoms. The van der Waals surface area contributed by atoms with Crippen LogP contribution in [0.5, 0.6) is 5.75 Å². The van der Waals surface area contributed by atoms with E-state index in [1.54, 1.807) is 18.4 Å². The fourth-order valence-electron chi connectivity index (χ4n) is 3.13. The molecule has 1 heterocycles. The minimum Gasteiger partial charge on any atom is -0.497 e. The molecule has 0 saturated heterocycles. The molecule has 0 aliphatic heterocycles. The number of anilines is 2. The largest absolute Gasteiger partial charge is 0.497 e. The van der Waals surface area contributed by atoms with Gasteiger partial charge in [0.2, 0.25) is 5.91 Å². The summed E-state index contributed by atoms with van der Waals surface area (Å²) in [5.74, 6) is 0.688. The Morgan fingerprint density at radius 1 is 1.00 bits per heavy atom. The van der Waals surface area contributed by atoms with Crippen molar-refractivity contribution < 1.29 is 9.53 Å². The van der Waals surface area contributed by atoms with E-state index < -0.39 is 0 Å². The van der Waals surface area contributed by atoms with Crippen molar-refractivity contribution >= 4 is 38.8 Å². The summed E-state index contributed by atoms with van der Waals surface area (Å²) in [5, 5.41) is 7.24. The number of aromatic nitrogens is 1. The highest BCUT2D eigenvalue weighted by molar-refractivity contribution is 7.18. The lowest BCUT2D eigenvalue weighted by atomic mass is 10.1. The van der Waals surface area contributed by atoms with Crippen LogP contribution in [0.4, 0.5) is 11.4 Å². The molecule has 0 aliphatic rings. The fourth-order valence-corrected chi connectivity index (χ4v) is 4.13. The van der Waals surface area contributed by atoms with E-state index in [4.69, 9.17) is 4.74 Å². The molecule has 0 unspecified atom stereocenters. The van der Waals surface area contributed by atoms with Crippen molar-refractivity contribution in [2.24, 2.45) is 0 Å². The highest BCUT2D eigenvalue weighted by Gasteiger charge is 2.13. The third-order valence-corrected chi connectivity index (χ3v) is 5.82.